The van der Waals surface area contributed by atoms with Crippen LogP contribution in [0.5, 0.6) is 0 Å². The fraction of sp³-hybridized carbons (Fsp3) is 0.667. The number of amides is 2. The lowest BCUT2D eigenvalue weighted by Gasteiger charge is -2.27. The van der Waals surface area contributed by atoms with Crippen LogP contribution < -0.4 is 5.32 Å². The SMILES string of the molecule is O=C1NCC(=O)N2CSCC12. The van der Waals surface area contributed by atoms with E-state index in [0.29, 0.717) is 5.88 Å². The van der Waals surface area contributed by atoms with Gasteiger partial charge in [-0.2, -0.15) is 0 Å². The summed E-state index contributed by atoms with van der Waals surface area (Å²) in [6, 6.07) is -0.193. The number of carbonyl (C=O) groups is 2. The van der Waals surface area contributed by atoms with E-state index in [1.807, 2.05) is 0 Å². The summed E-state index contributed by atoms with van der Waals surface area (Å²) in [5.41, 5.74) is 0. The summed E-state index contributed by atoms with van der Waals surface area (Å²) in [5.74, 6) is 1.46. The molecule has 2 heterocycles. The lowest BCUT2D eigenvalue weighted by Crippen LogP contribution is -2.56. The monoisotopic (exact) mass is 172 g/mol. The number of hydrogen-bond acceptors (Lipinski definition) is 3. The molecular formula is C6H8N2O2S. The van der Waals surface area contributed by atoms with Crippen molar-refractivity contribution in [3.8, 4) is 0 Å². The summed E-state index contributed by atoms with van der Waals surface area (Å²) < 4.78 is 0. The Bertz CT molecular complexity index is 197. The van der Waals surface area contributed by atoms with Gasteiger partial charge in [-0.05, 0) is 0 Å². The van der Waals surface area contributed by atoms with Crippen LogP contribution in [-0.4, -0.2) is 40.9 Å². The van der Waals surface area contributed by atoms with Crippen molar-refractivity contribution in [3.63, 3.8) is 0 Å². The summed E-state index contributed by atoms with van der Waals surface area (Å²) in [4.78, 5) is 23.9. The van der Waals surface area contributed by atoms with Gasteiger partial charge in [-0.1, -0.05) is 0 Å². The van der Waals surface area contributed by atoms with Crippen LogP contribution in [-0.2, 0) is 9.59 Å². The van der Waals surface area contributed by atoms with Crippen molar-refractivity contribution in [2.75, 3.05) is 18.2 Å². The maximum Gasteiger partial charge on any atom is 0.244 e. The lowest BCUT2D eigenvalue weighted by atomic mass is 10.2. The Balaban J connectivity index is 2.20. The molecule has 11 heavy (non-hydrogen) atoms. The topological polar surface area (TPSA) is 49.4 Å². The summed E-state index contributed by atoms with van der Waals surface area (Å²) >= 11 is 1.63. The summed E-state index contributed by atoms with van der Waals surface area (Å²) in [6.45, 7) is 0.176. The molecule has 2 saturated heterocycles. The fourth-order valence-corrected chi connectivity index (χ4v) is 2.47. The predicted octanol–water partition coefficient (Wildman–Crippen LogP) is -0.982. The van der Waals surface area contributed by atoms with E-state index in [4.69, 9.17) is 0 Å². The summed E-state index contributed by atoms with van der Waals surface area (Å²) in [5, 5.41) is 2.56. The zero-order valence-electron chi connectivity index (χ0n) is 5.87. The molecule has 0 spiro atoms. The fourth-order valence-electron chi connectivity index (χ4n) is 1.29. The third-order valence-corrected chi connectivity index (χ3v) is 2.93. The standard InChI is InChI=1S/C6H8N2O2S/c9-5-1-7-6(10)4-2-11-3-8(4)5/h4H,1-3H2,(H,7,10). The van der Waals surface area contributed by atoms with Crippen molar-refractivity contribution in [3.05, 3.63) is 0 Å². The molecule has 60 valence electrons. The van der Waals surface area contributed by atoms with E-state index in [1.54, 1.807) is 16.7 Å². The maximum atomic E-state index is 11.1. The van der Waals surface area contributed by atoms with Crippen molar-refractivity contribution in [1.82, 2.24) is 10.2 Å². The van der Waals surface area contributed by atoms with E-state index in [9.17, 15) is 9.59 Å². The van der Waals surface area contributed by atoms with Gasteiger partial charge in [-0.3, -0.25) is 9.59 Å². The quantitative estimate of drug-likeness (QED) is 0.511. The Morgan fingerprint density at radius 2 is 2.36 bits per heavy atom. The molecule has 2 fully saturated rings. The number of hydrogen-bond donors (Lipinski definition) is 1. The normalized spacial score (nSPS) is 30.2. The second-order valence-electron chi connectivity index (χ2n) is 2.60. The minimum atomic E-state index is -0.193. The molecule has 0 radical (unpaired) electrons. The highest BCUT2D eigenvalue weighted by molar-refractivity contribution is 7.99. The molecule has 0 aromatic carbocycles. The van der Waals surface area contributed by atoms with Gasteiger partial charge in [0.1, 0.15) is 6.04 Å². The van der Waals surface area contributed by atoms with Gasteiger partial charge in [-0.25, -0.2) is 0 Å². The third-order valence-electron chi connectivity index (χ3n) is 1.92. The first-order chi connectivity index (χ1) is 5.29. The zero-order chi connectivity index (χ0) is 7.84. The van der Waals surface area contributed by atoms with Gasteiger partial charge in [0, 0.05) is 5.75 Å². The number of nitrogens with one attached hydrogen (secondary N) is 1. The van der Waals surface area contributed by atoms with Gasteiger partial charge < -0.3 is 10.2 Å². The minimum absolute atomic E-state index is 0.00500. The molecule has 1 N–H and O–H groups in total. The number of fused-ring (bicyclic) bond motifs is 1. The molecule has 0 aliphatic carbocycles. The summed E-state index contributed by atoms with van der Waals surface area (Å²) in [7, 11) is 0. The molecule has 2 rings (SSSR count). The summed E-state index contributed by atoms with van der Waals surface area (Å²) in [6.07, 6.45) is 0. The minimum Gasteiger partial charge on any atom is -0.345 e. The van der Waals surface area contributed by atoms with E-state index in [-0.39, 0.29) is 24.4 Å². The van der Waals surface area contributed by atoms with Crippen molar-refractivity contribution >= 4 is 23.6 Å². The first-order valence-electron chi connectivity index (χ1n) is 3.44. The molecule has 0 aromatic rings. The molecule has 5 heteroatoms. The number of thioether (sulfide) groups is 1. The van der Waals surface area contributed by atoms with Gasteiger partial charge in [0.25, 0.3) is 0 Å². The Morgan fingerprint density at radius 1 is 1.55 bits per heavy atom. The highest BCUT2D eigenvalue weighted by Gasteiger charge is 2.37. The zero-order valence-corrected chi connectivity index (χ0v) is 6.69. The number of piperazine rings is 1. The average Bonchev–Trinajstić information content (AvgIpc) is 2.45. The first kappa shape index (κ1) is 6.97. The van der Waals surface area contributed by atoms with E-state index >= 15 is 0 Å². The highest BCUT2D eigenvalue weighted by Crippen LogP contribution is 2.22. The van der Waals surface area contributed by atoms with Crippen molar-refractivity contribution < 1.29 is 9.59 Å². The van der Waals surface area contributed by atoms with Crippen LogP contribution in [0.2, 0.25) is 0 Å². The Kier molecular flexibility index (Phi) is 1.52. The Labute approximate surface area is 68.3 Å². The number of carbonyl (C=O) groups excluding carboxylic acids is 2. The smallest absolute Gasteiger partial charge is 0.244 e. The van der Waals surface area contributed by atoms with E-state index in [0.717, 1.165) is 5.75 Å². The van der Waals surface area contributed by atoms with Crippen LogP contribution in [0.25, 0.3) is 0 Å². The molecule has 0 bridgehead atoms. The molecule has 2 amide bonds. The van der Waals surface area contributed by atoms with E-state index in [1.165, 1.54) is 0 Å². The van der Waals surface area contributed by atoms with Crippen molar-refractivity contribution in [1.29, 1.82) is 0 Å². The highest BCUT2D eigenvalue weighted by atomic mass is 32.2. The van der Waals surface area contributed by atoms with Gasteiger partial charge in [-0.15, -0.1) is 11.8 Å². The molecule has 1 atom stereocenters. The number of rotatable bonds is 0. The third kappa shape index (κ3) is 0.994. The van der Waals surface area contributed by atoms with Crippen LogP contribution in [0.4, 0.5) is 0 Å². The largest absolute Gasteiger partial charge is 0.345 e. The van der Waals surface area contributed by atoms with Gasteiger partial charge in [0.2, 0.25) is 11.8 Å². The van der Waals surface area contributed by atoms with Crippen molar-refractivity contribution in [2.24, 2.45) is 0 Å². The van der Waals surface area contributed by atoms with Crippen molar-refractivity contribution in [2.45, 2.75) is 6.04 Å². The molecule has 0 aromatic heterocycles. The van der Waals surface area contributed by atoms with E-state index in [2.05, 4.69) is 5.32 Å². The second kappa shape index (κ2) is 2.41. The average molecular weight is 172 g/mol. The van der Waals surface area contributed by atoms with Crippen LogP contribution >= 0.6 is 11.8 Å². The Morgan fingerprint density at radius 3 is 3.09 bits per heavy atom. The molecule has 2 aliphatic heterocycles. The van der Waals surface area contributed by atoms with Gasteiger partial charge in [0.15, 0.2) is 0 Å². The Hall–Kier alpha value is -0.710. The molecular weight excluding hydrogens is 164 g/mol. The maximum absolute atomic E-state index is 11.1. The first-order valence-corrected chi connectivity index (χ1v) is 4.59. The van der Waals surface area contributed by atoms with Gasteiger partial charge in [0.05, 0.1) is 12.4 Å². The van der Waals surface area contributed by atoms with E-state index < -0.39 is 0 Å². The molecule has 1 unspecified atom stereocenters. The molecule has 0 saturated carbocycles. The number of nitrogens with zero attached hydrogens (tertiary/aromatic N) is 1. The second-order valence-corrected chi connectivity index (χ2v) is 3.60. The van der Waals surface area contributed by atoms with Crippen LogP contribution in [0.15, 0.2) is 0 Å². The molecule has 2 aliphatic rings. The predicted molar refractivity (Wildman–Crippen MR) is 41.0 cm³/mol. The van der Waals surface area contributed by atoms with Crippen LogP contribution in [0, 0.1) is 0 Å². The molecule has 4 nitrogen and oxygen atoms in total. The van der Waals surface area contributed by atoms with Crippen LogP contribution in [0.3, 0.4) is 0 Å². The van der Waals surface area contributed by atoms with Gasteiger partial charge >= 0.3 is 0 Å². The lowest BCUT2D eigenvalue weighted by molar-refractivity contribution is -0.142. The van der Waals surface area contributed by atoms with Crippen LogP contribution in [0.1, 0.15) is 0 Å².